The number of piperazine rings is 1. The maximum atomic E-state index is 12.6. The molecule has 1 atom stereocenters. The summed E-state index contributed by atoms with van der Waals surface area (Å²) < 4.78 is 26.7. The smallest absolute Gasteiger partial charge is 0.243 e. The molecule has 2 aliphatic rings. The Morgan fingerprint density at radius 3 is 2.50 bits per heavy atom. The molecule has 1 unspecified atom stereocenters. The van der Waals surface area contributed by atoms with Gasteiger partial charge in [0.05, 0.1) is 10.8 Å². The number of sulfonamides is 1. The number of hydrogen-bond acceptors (Lipinski definition) is 4. The number of nitrogens with one attached hydrogen (secondary N) is 1. The molecule has 2 heterocycles. The molecular formula is C15H21Cl2N3O3S. The van der Waals surface area contributed by atoms with Gasteiger partial charge in [0.1, 0.15) is 0 Å². The molecule has 1 N–H and O–H groups in total. The summed E-state index contributed by atoms with van der Waals surface area (Å²) in [5.41, 5.74) is 0. The molecule has 2 aliphatic heterocycles. The third-order valence-corrected chi connectivity index (χ3v) is 6.52. The van der Waals surface area contributed by atoms with E-state index in [1.807, 2.05) is 0 Å². The van der Waals surface area contributed by atoms with E-state index in [4.69, 9.17) is 11.6 Å². The molecular weight excluding hydrogens is 373 g/mol. The fourth-order valence-electron chi connectivity index (χ4n) is 3.05. The Balaban J connectivity index is 0.00000208. The summed E-state index contributed by atoms with van der Waals surface area (Å²) in [6.07, 6.45) is 0.861. The lowest BCUT2D eigenvalue weighted by molar-refractivity contribution is -0.136. The van der Waals surface area contributed by atoms with Crippen LogP contribution in [0, 0.1) is 5.92 Å². The number of benzene rings is 1. The number of amides is 1. The topological polar surface area (TPSA) is 69.7 Å². The molecule has 0 aromatic heterocycles. The van der Waals surface area contributed by atoms with Gasteiger partial charge in [0.2, 0.25) is 15.9 Å². The predicted molar refractivity (Wildman–Crippen MR) is 95.0 cm³/mol. The van der Waals surface area contributed by atoms with E-state index in [-0.39, 0.29) is 29.1 Å². The molecule has 2 saturated heterocycles. The van der Waals surface area contributed by atoms with Crippen LogP contribution in [0.3, 0.4) is 0 Å². The van der Waals surface area contributed by atoms with E-state index in [1.165, 1.54) is 10.4 Å². The number of nitrogens with zero attached hydrogens (tertiary/aromatic N) is 2. The number of carbonyl (C=O) groups is 1. The Hall–Kier alpha value is -0.860. The molecule has 134 valence electrons. The van der Waals surface area contributed by atoms with Crippen LogP contribution in [-0.2, 0) is 14.8 Å². The Kier molecular flexibility index (Phi) is 6.50. The van der Waals surface area contributed by atoms with Crippen LogP contribution < -0.4 is 5.32 Å². The summed E-state index contributed by atoms with van der Waals surface area (Å²) in [5, 5.41) is 3.58. The second-order valence-electron chi connectivity index (χ2n) is 5.88. The largest absolute Gasteiger partial charge is 0.340 e. The van der Waals surface area contributed by atoms with E-state index in [1.54, 1.807) is 23.1 Å². The van der Waals surface area contributed by atoms with Crippen molar-refractivity contribution in [3.63, 3.8) is 0 Å². The van der Waals surface area contributed by atoms with Crippen molar-refractivity contribution in [1.82, 2.24) is 14.5 Å². The van der Waals surface area contributed by atoms with Crippen LogP contribution in [0.2, 0.25) is 5.02 Å². The van der Waals surface area contributed by atoms with Crippen molar-refractivity contribution in [1.29, 1.82) is 0 Å². The third-order valence-electron chi connectivity index (χ3n) is 4.39. The van der Waals surface area contributed by atoms with Crippen molar-refractivity contribution in [2.45, 2.75) is 11.3 Å². The van der Waals surface area contributed by atoms with Gasteiger partial charge < -0.3 is 10.2 Å². The molecule has 1 aromatic rings. The van der Waals surface area contributed by atoms with Gasteiger partial charge in [0.25, 0.3) is 0 Å². The van der Waals surface area contributed by atoms with E-state index >= 15 is 0 Å². The SMILES string of the molecule is Cl.O=C(C1CCNC1)N1CCN(S(=O)(=O)c2cccc(Cl)c2)CC1. The first kappa shape index (κ1) is 19.5. The van der Waals surface area contributed by atoms with Crippen molar-refractivity contribution < 1.29 is 13.2 Å². The summed E-state index contributed by atoms with van der Waals surface area (Å²) >= 11 is 5.89. The molecule has 3 rings (SSSR count). The molecule has 6 nitrogen and oxygen atoms in total. The first-order valence-electron chi connectivity index (χ1n) is 7.74. The average molecular weight is 394 g/mol. The molecule has 24 heavy (non-hydrogen) atoms. The highest BCUT2D eigenvalue weighted by Gasteiger charge is 2.33. The van der Waals surface area contributed by atoms with Crippen molar-refractivity contribution in [3.05, 3.63) is 29.3 Å². The van der Waals surface area contributed by atoms with E-state index in [0.717, 1.165) is 19.5 Å². The van der Waals surface area contributed by atoms with Crippen LogP contribution in [0.25, 0.3) is 0 Å². The van der Waals surface area contributed by atoms with Crippen LogP contribution in [0.5, 0.6) is 0 Å². The minimum absolute atomic E-state index is 0. The lowest BCUT2D eigenvalue weighted by Crippen LogP contribution is -2.52. The van der Waals surface area contributed by atoms with E-state index in [9.17, 15) is 13.2 Å². The first-order chi connectivity index (χ1) is 11.0. The van der Waals surface area contributed by atoms with Crippen LogP contribution in [0.15, 0.2) is 29.2 Å². The highest BCUT2D eigenvalue weighted by molar-refractivity contribution is 7.89. The van der Waals surface area contributed by atoms with Gasteiger partial charge in [-0.15, -0.1) is 12.4 Å². The highest BCUT2D eigenvalue weighted by atomic mass is 35.5. The standard InChI is InChI=1S/C15H20ClN3O3S.ClH/c16-13-2-1-3-14(10-13)23(21,22)19-8-6-18(7-9-19)15(20)12-4-5-17-11-12;/h1-3,10,12,17H,4-9,11H2;1H. The minimum Gasteiger partial charge on any atom is -0.340 e. The van der Waals surface area contributed by atoms with Crippen LogP contribution >= 0.6 is 24.0 Å². The van der Waals surface area contributed by atoms with Crippen molar-refractivity contribution in [2.75, 3.05) is 39.3 Å². The van der Waals surface area contributed by atoms with Gasteiger partial charge in [-0.2, -0.15) is 4.31 Å². The normalized spacial score (nSPS) is 22.2. The molecule has 9 heteroatoms. The van der Waals surface area contributed by atoms with Crippen LogP contribution in [0.4, 0.5) is 0 Å². The van der Waals surface area contributed by atoms with Crippen molar-refractivity contribution >= 4 is 39.9 Å². The summed E-state index contributed by atoms with van der Waals surface area (Å²) in [4.78, 5) is 14.4. The van der Waals surface area contributed by atoms with Crippen LogP contribution in [0.1, 0.15) is 6.42 Å². The quantitative estimate of drug-likeness (QED) is 0.837. The van der Waals surface area contributed by atoms with E-state index in [0.29, 0.717) is 31.2 Å². The van der Waals surface area contributed by atoms with E-state index < -0.39 is 10.0 Å². The van der Waals surface area contributed by atoms with E-state index in [2.05, 4.69) is 5.32 Å². The Morgan fingerprint density at radius 2 is 1.92 bits per heavy atom. The molecule has 0 bridgehead atoms. The highest BCUT2D eigenvalue weighted by Crippen LogP contribution is 2.21. The van der Waals surface area contributed by atoms with Crippen molar-refractivity contribution in [3.8, 4) is 0 Å². The van der Waals surface area contributed by atoms with Crippen LogP contribution in [-0.4, -0.2) is 62.8 Å². The Morgan fingerprint density at radius 1 is 1.21 bits per heavy atom. The zero-order valence-electron chi connectivity index (χ0n) is 13.2. The fourth-order valence-corrected chi connectivity index (χ4v) is 4.77. The fraction of sp³-hybridized carbons (Fsp3) is 0.533. The summed E-state index contributed by atoms with van der Waals surface area (Å²) in [6.45, 7) is 3.12. The zero-order valence-corrected chi connectivity index (χ0v) is 15.5. The summed E-state index contributed by atoms with van der Waals surface area (Å²) in [5.74, 6) is 0.167. The molecule has 0 aliphatic carbocycles. The summed E-state index contributed by atoms with van der Waals surface area (Å²) in [6, 6.07) is 6.27. The molecule has 2 fully saturated rings. The second kappa shape index (κ2) is 8.01. The maximum absolute atomic E-state index is 12.6. The lowest BCUT2D eigenvalue weighted by atomic mass is 10.1. The number of hydrogen-bond donors (Lipinski definition) is 1. The van der Waals surface area contributed by atoms with Crippen molar-refractivity contribution in [2.24, 2.45) is 5.92 Å². The van der Waals surface area contributed by atoms with Gasteiger partial charge in [-0.3, -0.25) is 4.79 Å². The van der Waals surface area contributed by atoms with Gasteiger partial charge in [0, 0.05) is 37.7 Å². The third kappa shape index (κ3) is 4.03. The lowest BCUT2D eigenvalue weighted by Gasteiger charge is -2.35. The average Bonchev–Trinajstić information content (AvgIpc) is 3.09. The van der Waals surface area contributed by atoms with Gasteiger partial charge in [-0.1, -0.05) is 17.7 Å². The number of carbonyl (C=O) groups excluding carboxylic acids is 1. The molecule has 0 saturated carbocycles. The molecule has 1 aromatic carbocycles. The molecule has 1 amide bonds. The predicted octanol–water partition coefficient (Wildman–Crippen LogP) is 1.20. The van der Waals surface area contributed by atoms with Gasteiger partial charge >= 0.3 is 0 Å². The Bertz CT molecular complexity index is 685. The van der Waals surface area contributed by atoms with Gasteiger partial charge in [0.15, 0.2) is 0 Å². The van der Waals surface area contributed by atoms with Gasteiger partial charge in [-0.05, 0) is 31.2 Å². The number of halogens is 2. The molecule has 0 spiro atoms. The maximum Gasteiger partial charge on any atom is 0.243 e. The Labute approximate surface area is 153 Å². The summed E-state index contributed by atoms with van der Waals surface area (Å²) in [7, 11) is -3.55. The monoisotopic (exact) mass is 393 g/mol. The molecule has 0 radical (unpaired) electrons. The number of rotatable bonds is 3. The minimum atomic E-state index is -3.55. The second-order valence-corrected chi connectivity index (χ2v) is 8.25. The van der Waals surface area contributed by atoms with Gasteiger partial charge in [-0.25, -0.2) is 8.42 Å². The first-order valence-corrected chi connectivity index (χ1v) is 9.55. The zero-order chi connectivity index (χ0) is 16.4.